The van der Waals surface area contributed by atoms with Gasteiger partial charge in [-0.05, 0) is 70.5 Å². The van der Waals surface area contributed by atoms with Gasteiger partial charge in [0.15, 0.2) is 5.82 Å². The Morgan fingerprint density at radius 3 is 1.65 bits per heavy atom. The van der Waals surface area contributed by atoms with E-state index in [4.69, 9.17) is 16.4 Å². The second-order valence-electron chi connectivity index (χ2n) is 11.9. The number of nitrogens with one attached hydrogen (secondary N) is 1. The Hall–Kier alpha value is -4.27. The summed E-state index contributed by atoms with van der Waals surface area (Å²) in [7, 11) is 0. The maximum Gasteiger partial charge on any atom is 0.159 e. The van der Waals surface area contributed by atoms with Crippen LogP contribution in [0.25, 0.3) is 32.9 Å². The van der Waals surface area contributed by atoms with E-state index in [0.29, 0.717) is 11.4 Å². The zero-order chi connectivity index (χ0) is 31.9. The van der Waals surface area contributed by atoms with Crippen molar-refractivity contribution in [1.82, 2.24) is 9.97 Å². The Balaban J connectivity index is 0.000000251. The molecule has 46 heavy (non-hydrogen) atoms. The molecule has 6 heteroatoms. The number of amidine groups is 1. The molecule has 240 valence electrons. The SMILES string of the molecule is CCCCCCCc1ccc2cc(-c3ncc(C#N)cn3)ccc2c1.CCCCCCCc1ccc2cc(C(=N)N)ccc2c1.Cl. The minimum absolute atomic E-state index is 0. The Labute approximate surface area is 281 Å². The van der Waals surface area contributed by atoms with E-state index in [-0.39, 0.29) is 18.2 Å². The molecule has 3 N–H and O–H groups in total. The van der Waals surface area contributed by atoms with Crippen molar-refractivity contribution in [2.45, 2.75) is 90.9 Å². The first kappa shape index (κ1) is 36.2. The highest BCUT2D eigenvalue weighted by Gasteiger charge is 2.05. The monoisotopic (exact) mass is 633 g/mol. The van der Waals surface area contributed by atoms with Gasteiger partial charge in [0.25, 0.3) is 0 Å². The molecule has 5 aromatic rings. The molecule has 0 unspecified atom stereocenters. The van der Waals surface area contributed by atoms with Crippen LogP contribution < -0.4 is 5.73 Å². The zero-order valence-corrected chi connectivity index (χ0v) is 28.2. The predicted molar refractivity (Wildman–Crippen MR) is 197 cm³/mol. The third kappa shape index (κ3) is 11.0. The van der Waals surface area contributed by atoms with Crippen LogP contribution in [-0.2, 0) is 12.8 Å². The number of benzene rings is 4. The van der Waals surface area contributed by atoms with Crippen LogP contribution in [0.3, 0.4) is 0 Å². The Kier molecular flexibility index (Phi) is 15.2. The van der Waals surface area contributed by atoms with E-state index in [9.17, 15) is 0 Å². The van der Waals surface area contributed by atoms with E-state index in [1.807, 2.05) is 18.2 Å². The average Bonchev–Trinajstić information content (AvgIpc) is 3.08. The standard InChI is InChI=1S/C22H23N3.C18H24N2.ClH/c1-2-3-4-5-6-7-17-8-9-20-13-21(11-10-19(20)12-17)22-24-15-18(14-23)16-25-22;1-2-3-4-5-6-7-14-8-9-16-13-17(18(19)20)11-10-15(16)12-14;/h8-13,15-16H,2-7H2,1H3;8-13H,2-7H2,1H3,(H3,19,20);1H. The van der Waals surface area contributed by atoms with Gasteiger partial charge >= 0.3 is 0 Å². The fraction of sp³-hybridized carbons (Fsp3) is 0.350. The van der Waals surface area contributed by atoms with Crippen LogP contribution in [-0.4, -0.2) is 15.8 Å². The van der Waals surface area contributed by atoms with Crippen molar-refractivity contribution in [3.05, 3.63) is 107 Å². The van der Waals surface area contributed by atoms with Crippen LogP contribution in [0.15, 0.2) is 85.2 Å². The fourth-order valence-electron chi connectivity index (χ4n) is 5.61. The molecule has 0 aliphatic rings. The summed E-state index contributed by atoms with van der Waals surface area (Å²) in [6, 6.07) is 27.6. The molecular weight excluding hydrogens is 586 g/mol. The molecule has 0 saturated carbocycles. The summed E-state index contributed by atoms with van der Waals surface area (Å²) in [6.45, 7) is 4.50. The molecule has 4 aromatic carbocycles. The van der Waals surface area contributed by atoms with Crippen LogP contribution in [0.1, 0.15) is 100 Å². The van der Waals surface area contributed by atoms with Gasteiger partial charge in [0.05, 0.1) is 5.56 Å². The second-order valence-corrected chi connectivity index (χ2v) is 11.9. The van der Waals surface area contributed by atoms with Crippen molar-refractivity contribution in [3.8, 4) is 17.5 Å². The molecule has 1 aromatic heterocycles. The van der Waals surface area contributed by atoms with Crippen molar-refractivity contribution in [3.63, 3.8) is 0 Å². The van der Waals surface area contributed by atoms with Crippen molar-refractivity contribution >= 4 is 39.8 Å². The van der Waals surface area contributed by atoms with Gasteiger partial charge in [0.2, 0.25) is 0 Å². The van der Waals surface area contributed by atoms with E-state index in [2.05, 4.69) is 84.5 Å². The molecule has 0 spiro atoms. The van der Waals surface area contributed by atoms with Crippen LogP contribution in [0.2, 0.25) is 0 Å². The first-order chi connectivity index (χ1) is 22.0. The molecular formula is C40H48ClN5. The lowest BCUT2D eigenvalue weighted by molar-refractivity contribution is 0.632. The lowest BCUT2D eigenvalue weighted by Gasteiger charge is -2.06. The summed E-state index contributed by atoms with van der Waals surface area (Å²) in [6.07, 6.45) is 18.6. The summed E-state index contributed by atoms with van der Waals surface area (Å²) < 4.78 is 0. The highest BCUT2D eigenvalue weighted by atomic mass is 35.5. The summed E-state index contributed by atoms with van der Waals surface area (Å²) in [4.78, 5) is 8.55. The maximum atomic E-state index is 8.84. The number of nitriles is 1. The van der Waals surface area contributed by atoms with Crippen molar-refractivity contribution in [2.75, 3.05) is 0 Å². The number of fused-ring (bicyclic) bond motifs is 2. The molecule has 0 atom stereocenters. The Morgan fingerprint density at radius 2 is 1.13 bits per heavy atom. The van der Waals surface area contributed by atoms with Crippen molar-refractivity contribution < 1.29 is 0 Å². The normalized spacial score (nSPS) is 10.5. The number of rotatable bonds is 14. The number of nitrogen functional groups attached to an aromatic ring is 1. The number of aromatic nitrogens is 2. The van der Waals surface area contributed by atoms with Gasteiger partial charge in [-0.2, -0.15) is 5.26 Å². The van der Waals surface area contributed by atoms with Gasteiger partial charge in [0.1, 0.15) is 11.9 Å². The lowest BCUT2D eigenvalue weighted by Crippen LogP contribution is -2.10. The third-order valence-electron chi connectivity index (χ3n) is 8.30. The van der Waals surface area contributed by atoms with Crippen LogP contribution >= 0.6 is 12.4 Å². The van der Waals surface area contributed by atoms with Crippen LogP contribution in [0.4, 0.5) is 0 Å². The van der Waals surface area contributed by atoms with E-state index in [1.54, 1.807) is 12.4 Å². The molecule has 1 heterocycles. The molecule has 0 saturated heterocycles. The van der Waals surface area contributed by atoms with Crippen LogP contribution in [0, 0.1) is 16.7 Å². The lowest BCUT2D eigenvalue weighted by atomic mass is 10.0. The number of nitrogens with two attached hydrogens (primary N) is 1. The summed E-state index contributed by atoms with van der Waals surface area (Å²) >= 11 is 0. The van der Waals surface area contributed by atoms with Gasteiger partial charge in [-0.25, -0.2) is 9.97 Å². The first-order valence-electron chi connectivity index (χ1n) is 16.6. The highest BCUT2D eigenvalue weighted by Crippen LogP contribution is 2.24. The molecule has 0 aliphatic carbocycles. The molecule has 5 rings (SSSR count). The summed E-state index contributed by atoms with van der Waals surface area (Å²) in [5, 5.41) is 21.2. The number of hydrogen-bond donors (Lipinski definition) is 2. The van der Waals surface area contributed by atoms with E-state index in [1.165, 1.54) is 91.5 Å². The maximum absolute atomic E-state index is 8.84. The number of halogens is 1. The van der Waals surface area contributed by atoms with Crippen molar-refractivity contribution in [2.24, 2.45) is 5.73 Å². The average molecular weight is 634 g/mol. The minimum atomic E-state index is 0. The Morgan fingerprint density at radius 1 is 0.652 bits per heavy atom. The molecule has 0 bridgehead atoms. The van der Waals surface area contributed by atoms with E-state index < -0.39 is 0 Å². The van der Waals surface area contributed by atoms with Crippen molar-refractivity contribution in [1.29, 1.82) is 10.7 Å². The van der Waals surface area contributed by atoms with E-state index >= 15 is 0 Å². The van der Waals surface area contributed by atoms with Gasteiger partial charge in [-0.15, -0.1) is 12.4 Å². The van der Waals surface area contributed by atoms with Gasteiger partial charge in [-0.3, -0.25) is 5.41 Å². The number of aryl methyl sites for hydroxylation is 2. The molecule has 5 nitrogen and oxygen atoms in total. The second kappa shape index (κ2) is 19.3. The predicted octanol–water partition coefficient (Wildman–Crippen LogP) is 10.7. The minimum Gasteiger partial charge on any atom is -0.384 e. The van der Waals surface area contributed by atoms with Crippen LogP contribution in [0.5, 0.6) is 0 Å². The molecule has 0 radical (unpaired) electrons. The third-order valence-corrected chi connectivity index (χ3v) is 8.30. The first-order valence-corrected chi connectivity index (χ1v) is 16.6. The number of nitrogens with zero attached hydrogens (tertiary/aromatic N) is 3. The topological polar surface area (TPSA) is 99.4 Å². The van der Waals surface area contributed by atoms with Gasteiger partial charge in [-0.1, -0.05) is 126 Å². The van der Waals surface area contributed by atoms with E-state index in [0.717, 1.165) is 29.4 Å². The molecule has 0 amide bonds. The fourth-order valence-corrected chi connectivity index (χ4v) is 5.61. The Bertz CT molecular complexity index is 1720. The largest absolute Gasteiger partial charge is 0.384 e. The summed E-state index contributed by atoms with van der Waals surface area (Å²) in [5.74, 6) is 0.785. The quantitative estimate of drug-likeness (QED) is 0.0721. The van der Waals surface area contributed by atoms with Gasteiger partial charge < -0.3 is 5.73 Å². The number of hydrogen-bond acceptors (Lipinski definition) is 4. The smallest absolute Gasteiger partial charge is 0.159 e. The van der Waals surface area contributed by atoms with Gasteiger partial charge in [0, 0.05) is 23.5 Å². The molecule has 0 aliphatic heterocycles. The molecule has 0 fully saturated rings. The zero-order valence-electron chi connectivity index (χ0n) is 27.4. The number of unbranched alkanes of at least 4 members (excludes halogenated alkanes) is 8. The highest BCUT2D eigenvalue weighted by molar-refractivity contribution is 5.99. The summed E-state index contributed by atoms with van der Waals surface area (Å²) in [5.41, 5.74) is 10.6.